The predicted octanol–water partition coefficient (Wildman–Crippen LogP) is 3.30. The van der Waals surface area contributed by atoms with E-state index < -0.39 is 17.6 Å². The highest BCUT2D eigenvalue weighted by molar-refractivity contribution is 5.43. The molecule has 4 heteroatoms. The summed E-state index contributed by atoms with van der Waals surface area (Å²) in [6.07, 6.45) is 1.08. The molecule has 1 N–H and O–H groups in total. The molecule has 0 heterocycles. The topological polar surface area (TPSA) is 12.0 Å². The highest BCUT2D eigenvalue weighted by Crippen LogP contribution is 2.25. The minimum absolute atomic E-state index is 0.145. The van der Waals surface area contributed by atoms with Crippen LogP contribution in [-0.2, 0) is 0 Å². The van der Waals surface area contributed by atoms with E-state index in [1.54, 1.807) is 0 Å². The Kier molecular flexibility index (Phi) is 4.77. The summed E-state index contributed by atoms with van der Waals surface area (Å²) in [5, 5.41) is 1.86. The molecular formula is C10H12F3N. The predicted molar refractivity (Wildman–Crippen MR) is 51.4 cm³/mol. The third-order valence-electron chi connectivity index (χ3n) is 1.51. The van der Waals surface area contributed by atoms with Crippen LogP contribution in [0.15, 0.2) is 48.0 Å². The number of allylic oxidation sites excluding steroid dienone is 5. The standard InChI is InChI=1S/C10H12F3N/c1-5-7(6(2)3)8(11)9(12)10(13)14-4/h5,14H,1-2H2,3-4H3/b8-7-,10-9+. The van der Waals surface area contributed by atoms with Gasteiger partial charge in [-0.15, -0.1) is 0 Å². The molecule has 0 unspecified atom stereocenters. The molecule has 0 spiro atoms. The van der Waals surface area contributed by atoms with Crippen molar-refractivity contribution in [3.05, 3.63) is 48.0 Å². The highest BCUT2D eigenvalue weighted by Gasteiger charge is 2.14. The molecule has 0 radical (unpaired) electrons. The molecule has 0 amide bonds. The van der Waals surface area contributed by atoms with Crippen molar-refractivity contribution in [3.8, 4) is 0 Å². The van der Waals surface area contributed by atoms with Gasteiger partial charge in [0.05, 0.1) is 0 Å². The second-order valence-electron chi connectivity index (χ2n) is 2.59. The maximum Gasteiger partial charge on any atom is 0.226 e. The lowest BCUT2D eigenvalue weighted by Crippen LogP contribution is -2.03. The summed E-state index contributed by atoms with van der Waals surface area (Å²) < 4.78 is 38.7. The van der Waals surface area contributed by atoms with Crippen molar-refractivity contribution < 1.29 is 13.2 Å². The Balaban J connectivity index is 5.37. The summed E-state index contributed by atoms with van der Waals surface area (Å²) in [6, 6.07) is 0. The van der Waals surface area contributed by atoms with Crippen LogP contribution in [0.25, 0.3) is 0 Å². The van der Waals surface area contributed by atoms with Gasteiger partial charge in [0.25, 0.3) is 0 Å². The maximum absolute atomic E-state index is 13.2. The Morgan fingerprint density at radius 3 is 2.00 bits per heavy atom. The van der Waals surface area contributed by atoms with Gasteiger partial charge in [0.2, 0.25) is 11.8 Å². The second-order valence-corrected chi connectivity index (χ2v) is 2.59. The van der Waals surface area contributed by atoms with Crippen LogP contribution in [0, 0.1) is 0 Å². The van der Waals surface area contributed by atoms with Gasteiger partial charge in [0, 0.05) is 12.6 Å². The molecule has 0 fully saturated rings. The van der Waals surface area contributed by atoms with Crippen LogP contribution < -0.4 is 5.32 Å². The van der Waals surface area contributed by atoms with Crippen molar-refractivity contribution in [2.75, 3.05) is 7.05 Å². The van der Waals surface area contributed by atoms with Crippen LogP contribution in [0.4, 0.5) is 13.2 Å². The van der Waals surface area contributed by atoms with E-state index in [4.69, 9.17) is 0 Å². The van der Waals surface area contributed by atoms with Crippen molar-refractivity contribution in [1.29, 1.82) is 0 Å². The molecular weight excluding hydrogens is 191 g/mol. The maximum atomic E-state index is 13.2. The molecule has 0 saturated carbocycles. The number of rotatable bonds is 4. The summed E-state index contributed by atoms with van der Waals surface area (Å²) in [5.41, 5.74) is 0.129. The first-order chi connectivity index (χ1) is 6.45. The lowest BCUT2D eigenvalue weighted by atomic mass is 10.1. The third-order valence-corrected chi connectivity index (χ3v) is 1.51. The van der Waals surface area contributed by atoms with E-state index in [0.717, 1.165) is 13.1 Å². The van der Waals surface area contributed by atoms with Gasteiger partial charge in [-0.05, 0) is 12.5 Å². The van der Waals surface area contributed by atoms with Crippen molar-refractivity contribution in [2.24, 2.45) is 0 Å². The molecule has 0 aliphatic heterocycles. The first-order valence-electron chi connectivity index (χ1n) is 3.87. The van der Waals surface area contributed by atoms with Crippen LogP contribution in [0.3, 0.4) is 0 Å². The normalized spacial score (nSPS) is 14.1. The molecule has 0 aromatic rings. The van der Waals surface area contributed by atoms with Crippen LogP contribution in [-0.4, -0.2) is 7.05 Å². The fraction of sp³-hybridized carbons (Fsp3) is 0.200. The number of hydrogen-bond donors (Lipinski definition) is 1. The fourth-order valence-corrected chi connectivity index (χ4v) is 0.776. The third kappa shape index (κ3) is 2.80. The average molecular weight is 203 g/mol. The van der Waals surface area contributed by atoms with E-state index in [9.17, 15) is 13.2 Å². The van der Waals surface area contributed by atoms with Gasteiger partial charge in [-0.25, -0.2) is 4.39 Å². The minimum Gasteiger partial charge on any atom is -0.362 e. The van der Waals surface area contributed by atoms with Gasteiger partial charge in [0.15, 0.2) is 5.83 Å². The van der Waals surface area contributed by atoms with Gasteiger partial charge in [-0.3, -0.25) is 0 Å². The van der Waals surface area contributed by atoms with Gasteiger partial charge in [-0.2, -0.15) is 8.78 Å². The van der Waals surface area contributed by atoms with Crippen LogP contribution in [0.2, 0.25) is 0 Å². The molecule has 0 aliphatic carbocycles. The van der Waals surface area contributed by atoms with E-state index in [2.05, 4.69) is 13.2 Å². The number of hydrogen-bond acceptors (Lipinski definition) is 1. The highest BCUT2D eigenvalue weighted by atomic mass is 19.2. The van der Waals surface area contributed by atoms with E-state index in [-0.39, 0.29) is 11.1 Å². The van der Waals surface area contributed by atoms with Gasteiger partial charge in [-0.1, -0.05) is 19.2 Å². The summed E-state index contributed by atoms with van der Waals surface area (Å²) in [5.74, 6) is -4.24. The molecule has 0 atom stereocenters. The van der Waals surface area contributed by atoms with Crippen LogP contribution >= 0.6 is 0 Å². The first kappa shape index (κ1) is 12.6. The molecule has 0 saturated heterocycles. The summed E-state index contributed by atoms with van der Waals surface area (Å²) in [4.78, 5) is 0. The average Bonchev–Trinajstić information content (AvgIpc) is 2.15. The SMILES string of the molecule is C=C/C(C(=C)C)=C(F)\C(F)=C(\F)NC. The lowest BCUT2D eigenvalue weighted by molar-refractivity contribution is 0.466. The summed E-state index contributed by atoms with van der Waals surface area (Å²) >= 11 is 0. The van der Waals surface area contributed by atoms with Gasteiger partial charge in [0.1, 0.15) is 0 Å². The zero-order chi connectivity index (χ0) is 11.3. The monoisotopic (exact) mass is 203 g/mol. The van der Waals surface area contributed by atoms with Crippen molar-refractivity contribution >= 4 is 0 Å². The molecule has 0 aliphatic rings. The van der Waals surface area contributed by atoms with Crippen LogP contribution in [0.5, 0.6) is 0 Å². The lowest BCUT2D eigenvalue weighted by Gasteiger charge is -2.03. The largest absolute Gasteiger partial charge is 0.362 e. The summed E-state index contributed by atoms with van der Waals surface area (Å²) in [6.45, 7) is 8.17. The Bertz CT molecular complexity index is 313. The first-order valence-corrected chi connectivity index (χ1v) is 3.87. The molecule has 0 aromatic heterocycles. The Morgan fingerprint density at radius 1 is 1.21 bits per heavy atom. The zero-order valence-electron chi connectivity index (χ0n) is 8.13. The van der Waals surface area contributed by atoms with Crippen molar-refractivity contribution in [1.82, 2.24) is 5.32 Å². The van der Waals surface area contributed by atoms with E-state index in [1.807, 2.05) is 5.32 Å². The van der Waals surface area contributed by atoms with Gasteiger partial charge < -0.3 is 5.32 Å². The Labute approximate surface area is 81.3 Å². The molecule has 0 bridgehead atoms. The number of halogens is 3. The Morgan fingerprint density at radius 2 is 1.71 bits per heavy atom. The molecule has 1 nitrogen and oxygen atoms in total. The van der Waals surface area contributed by atoms with Crippen LogP contribution in [0.1, 0.15) is 6.92 Å². The fourth-order valence-electron chi connectivity index (χ4n) is 0.776. The quantitative estimate of drug-likeness (QED) is 0.546. The molecule has 14 heavy (non-hydrogen) atoms. The second kappa shape index (κ2) is 5.32. The summed E-state index contributed by atoms with van der Waals surface area (Å²) in [7, 11) is 1.15. The Hall–Kier alpha value is -1.45. The van der Waals surface area contributed by atoms with Gasteiger partial charge >= 0.3 is 0 Å². The molecule has 78 valence electrons. The van der Waals surface area contributed by atoms with Crippen molar-refractivity contribution in [2.45, 2.75) is 6.92 Å². The zero-order valence-corrected chi connectivity index (χ0v) is 8.13. The van der Waals surface area contributed by atoms with E-state index in [1.165, 1.54) is 6.92 Å². The van der Waals surface area contributed by atoms with E-state index in [0.29, 0.717) is 0 Å². The minimum atomic E-state index is -1.58. The molecule has 0 aromatic carbocycles. The molecule has 0 rings (SSSR count). The van der Waals surface area contributed by atoms with Crippen molar-refractivity contribution in [3.63, 3.8) is 0 Å². The van der Waals surface area contributed by atoms with E-state index >= 15 is 0 Å². The smallest absolute Gasteiger partial charge is 0.226 e. The number of nitrogens with one attached hydrogen (secondary N) is 1.